The number of nitriles is 1. The summed E-state index contributed by atoms with van der Waals surface area (Å²) in [7, 11) is 0. The minimum atomic E-state index is -1.59. The van der Waals surface area contributed by atoms with Crippen LogP contribution in [0.2, 0.25) is 5.02 Å². The molecule has 0 aliphatic heterocycles. The third kappa shape index (κ3) is 10.4. The van der Waals surface area contributed by atoms with Crippen LogP contribution >= 0.6 is 11.6 Å². The fraction of sp³-hybridized carbons (Fsp3) is 0.279. The van der Waals surface area contributed by atoms with Crippen molar-refractivity contribution in [3.8, 4) is 45.6 Å². The summed E-state index contributed by atoms with van der Waals surface area (Å²) >= 11 is 6.75. The van der Waals surface area contributed by atoms with Crippen molar-refractivity contribution in [2.45, 2.75) is 46.1 Å². The van der Waals surface area contributed by atoms with Crippen molar-refractivity contribution in [3.05, 3.63) is 130 Å². The van der Waals surface area contributed by atoms with Crippen LogP contribution in [0.3, 0.4) is 0 Å². The van der Waals surface area contributed by atoms with Crippen LogP contribution in [0, 0.1) is 25.2 Å². The van der Waals surface area contributed by atoms with Crippen LogP contribution in [-0.2, 0) is 24.6 Å². The Morgan fingerprint density at radius 1 is 0.855 bits per heavy atom. The van der Waals surface area contributed by atoms with Gasteiger partial charge in [0.15, 0.2) is 0 Å². The summed E-state index contributed by atoms with van der Waals surface area (Å²) in [6, 6.07) is 27.5. The van der Waals surface area contributed by atoms with Crippen molar-refractivity contribution >= 4 is 17.6 Å². The van der Waals surface area contributed by atoms with E-state index >= 15 is 0 Å². The van der Waals surface area contributed by atoms with E-state index in [1.807, 2.05) is 24.3 Å². The van der Waals surface area contributed by atoms with Crippen LogP contribution in [0.15, 0.2) is 91.3 Å². The molecule has 0 saturated heterocycles. The van der Waals surface area contributed by atoms with Crippen LogP contribution in [-0.4, -0.2) is 64.7 Å². The molecule has 0 radical (unpaired) electrons. The summed E-state index contributed by atoms with van der Waals surface area (Å²) in [5.74, 6) is 0.321. The molecule has 12 heteroatoms. The number of halogens is 1. The smallest absolute Gasteiger partial charge is 0.326 e. The highest BCUT2D eigenvalue weighted by molar-refractivity contribution is 6.32. The molecule has 5 rings (SSSR count). The van der Waals surface area contributed by atoms with Gasteiger partial charge in [-0.1, -0.05) is 60.1 Å². The number of rotatable bonds is 19. The minimum Gasteiger partial charge on any atom is -0.492 e. The molecule has 1 heterocycles. The van der Waals surface area contributed by atoms with Crippen LogP contribution in [0.25, 0.3) is 22.3 Å². The Labute approximate surface area is 326 Å². The van der Waals surface area contributed by atoms with Crippen molar-refractivity contribution in [1.82, 2.24) is 15.6 Å². The highest BCUT2D eigenvalue weighted by atomic mass is 35.5. The molecule has 5 N–H and O–H groups in total. The lowest BCUT2D eigenvalue weighted by molar-refractivity contribution is -0.145. The van der Waals surface area contributed by atoms with Crippen LogP contribution < -0.4 is 24.8 Å². The molecule has 0 unspecified atom stereocenters. The molecule has 11 nitrogen and oxygen atoms in total. The van der Waals surface area contributed by atoms with Gasteiger partial charge in [0.25, 0.3) is 0 Å². The maximum atomic E-state index is 11.8. The molecule has 55 heavy (non-hydrogen) atoms. The fourth-order valence-electron chi connectivity index (χ4n) is 5.94. The van der Waals surface area contributed by atoms with E-state index in [0.717, 1.165) is 44.7 Å². The first-order valence-electron chi connectivity index (χ1n) is 17.8. The second kappa shape index (κ2) is 19.2. The number of hydrogen-bond donors (Lipinski definition) is 5. The predicted molar refractivity (Wildman–Crippen MR) is 211 cm³/mol. The second-order valence-electron chi connectivity index (χ2n) is 13.2. The highest BCUT2D eigenvalue weighted by Gasteiger charge is 2.32. The number of aliphatic carboxylic acids is 1. The lowest BCUT2D eigenvalue weighted by Crippen LogP contribution is -2.52. The average molecular weight is 765 g/mol. The normalized spacial score (nSPS) is 12.1. The Balaban J connectivity index is 1.36. The Morgan fingerprint density at radius 3 is 2.27 bits per heavy atom. The molecule has 0 spiro atoms. The van der Waals surface area contributed by atoms with Gasteiger partial charge >= 0.3 is 5.97 Å². The highest BCUT2D eigenvalue weighted by Crippen LogP contribution is 2.37. The zero-order chi connectivity index (χ0) is 39.4. The van der Waals surface area contributed by atoms with Gasteiger partial charge in [-0.05, 0) is 84.0 Å². The third-order valence-corrected chi connectivity index (χ3v) is 9.64. The number of nitrogens with zero attached hydrogens (tertiary/aromatic N) is 2. The van der Waals surface area contributed by atoms with Crippen molar-refractivity contribution in [1.29, 1.82) is 5.26 Å². The number of aromatic nitrogens is 1. The Kier molecular flexibility index (Phi) is 14.2. The summed E-state index contributed by atoms with van der Waals surface area (Å²) in [5, 5.41) is 43.9. The van der Waals surface area contributed by atoms with E-state index in [1.165, 1.54) is 13.1 Å². The number of hydrogen-bond acceptors (Lipinski definition) is 10. The van der Waals surface area contributed by atoms with Gasteiger partial charge in [0.05, 0.1) is 23.8 Å². The van der Waals surface area contributed by atoms with E-state index in [-0.39, 0.29) is 26.4 Å². The number of carboxylic acids is 1. The summed E-state index contributed by atoms with van der Waals surface area (Å²) in [4.78, 5) is 15.9. The number of nitrogens with one attached hydrogen (secondary N) is 2. The van der Waals surface area contributed by atoms with E-state index in [9.17, 15) is 20.3 Å². The van der Waals surface area contributed by atoms with Gasteiger partial charge in [-0.2, -0.15) is 5.26 Å². The summed E-state index contributed by atoms with van der Waals surface area (Å²) in [5.41, 5.74) is 7.52. The SMILES string of the molecule is Cc1c(COc2cc(OCc3cncc(C#N)c3)c(CN[C@@](C)(CO)C(=O)O)cc2Cl)cccc1-c1cccc(-c2ccc(OCCNCCO)cc2)c1C. The zero-order valence-electron chi connectivity index (χ0n) is 31.1. The Bertz CT molecular complexity index is 2140. The third-order valence-electron chi connectivity index (χ3n) is 9.35. The van der Waals surface area contributed by atoms with Crippen LogP contribution in [0.5, 0.6) is 17.2 Å². The lowest BCUT2D eigenvalue weighted by atomic mass is 9.89. The average Bonchev–Trinajstić information content (AvgIpc) is 3.20. The topological polar surface area (TPSA) is 166 Å². The molecule has 5 aromatic rings. The lowest BCUT2D eigenvalue weighted by Gasteiger charge is -2.25. The number of pyridine rings is 1. The molecule has 0 amide bonds. The van der Waals surface area contributed by atoms with Gasteiger partial charge in [-0.15, -0.1) is 0 Å². The van der Waals surface area contributed by atoms with Gasteiger partial charge in [0.2, 0.25) is 0 Å². The largest absolute Gasteiger partial charge is 0.492 e. The number of carboxylic acid groups (broad SMARTS) is 1. The first-order chi connectivity index (χ1) is 26.6. The monoisotopic (exact) mass is 764 g/mol. The molecular formula is C43H45ClN4O7. The molecule has 0 bridgehead atoms. The fourth-order valence-corrected chi connectivity index (χ4v) is 6.18. The number of benzene rings is 4. The maximum absolute atomic E-state index is 11.8. The Hall–Kier alpha value is -5.48. The molecule has 4 aromatic carbocycles. The van der Waals surface area contributed by atoms with Gasteiger partial charge in [-0.25, -0.2) is 0 Å². The van der Waals surface area contributed by atoms with Crippen LogP contribution in [0.4, 0.5) is 0 Å². The molecule has 0 fully saturated rings. The summed E-state index contributed by atoms with van der Waals surface area (Å²) in [6.45, 7) is 7.05. The van der Waals surface area contributed by atoms with Gasteiger partial charge < -0.3 is 34.8 Å². The molecular weight excluding hydrogens is 720 g/mol. The first-order valence-corrected chi connectivity index (χ1v) is 18.2. The van der Waals surface area contributed by atoms with Crippen molar-refractivity contribution in [2.24, 2.45) is 0 Å². The maximum Gasteiger partial charge on any atom is 0.326 e. The second-order valence-corrected chi connectivity index (χ2v) is 13.6. The molecule has 1 atom stereocenters. The molecule has 1 aromatic heterocycles. The molecule has 0 aliphatic carbocycles. The van der Waals surface area contributed by atoms with Gasteiger partial charge in [-0.3, -0.25) is 15.1 Å². The number of carbonyl (C=O) groups is 1. The molecule has 286 valence electrons. The number of ether oxygens (including phenoxy) is 3. The minimum absolute atomic E-state index is 0.0243. The van der Waals surface area contributed by atoms with Gasteiger partial charge in [0, 0.05) is 49.2 Å². The summed E-state index contributed by atoms with van der Waals surface area (Å²) in [6.07, 6.45) is 3.06. The van der Waals surface area contributed by atoms with E-state index in [2.05, 4.69) is 71.9 Å². The van der Waals surface area contributed by atoms with E-state index in [0.29, 0.717) is 52.9 Å². The number of aliphatic hydroxyl groups is 2. The quantitative estimate of drug-likeness (QED) is 0.0575. The van der Waals surface area contributed by atoms with Gasteiger partial charge in [0.1, 0.15) is 48.7 Å². The van der Waals surface area contributed by atoms with E-state index in [1.54, 1.807) is 24.4 Å². The standard InChI is InChI=1S/C43H45ClN4O7/c1-28-33(6-4-8-37(28)38-9-5-7-36(29(38)2)32-10-12-35(13-11-32)53-17-15-46-14-16-49)26-55-41-20-40(54-25-31-18-30(21-45)22-47-23-31)34(19-39(41)44)24-48-43(3,27-50)42(51)52/h4-13,18-20,22-23,46,48-50H,14-17,24-27H2,1-3H3,(H,51,52)/t43-/m0/s1. The van der Waals surface area contributed by atoms with Crippen molar-refractivity contribution in [2.75, 3.05) is 32.9 Å². The van der Waals surface area contributed by atoms with Crippen molar-refractivity contribution < 1.29 is 34.3 Å². The van der Waals surface area contributed by atoms with Crippen LogP contribution in [0.1, 0.15) is 40.3 Å². The van der Waals surface area contributed by atoms with E-state index in [4.69, 9.17) is 30.9 Å². The first kappa shape index (κ1) is 40.7. The van der Waals surface area contributed by atoms with E-state index < -0.39 is 18.1 Å². The zero-order valence-corrected chi connectivity index (χ0v) is 31.8. The predicted octanol–water partition coefficient (Wildman–Crippen LogP) is 6.60. The molecule has 0 saturated carbocycles. The van der Waals surface area contributed by atoms with Crippen molar-refractivity contribution in [3.63, 3.8) is 0 Å². The molecule has 0 aliphatic rings. The summed E-state index contributed by atoms with van der Waals surface area (Å²) < 4.78 is 18.3. The Morgan fingerprint density at radius 2 is 1.56 bits per heavy atom. The number of aliphatic hydroxyl groups excluding tert-OH is 2.